The second-order valence-electron chi connectivity index (χ2n) is 8.01. The van der Waals surface area contributed by atoms with Gasteiger partial charge in [0.1, 0.15) is 0 Å². The van der Waals surface area contributed by atoms with Gasteiger partial charge in [0.15, 0.2) is 11.6 Å². The molecule has 1 aliphatic rings. The van der Waals surface area contributed by atoms with Gasteiger partial charge >= 0.3 is 0 Å². The van der Waals surface area contributed by atoms with Gasteiger partial charge < -0.3 is 5.32 Å². The van der Waals surface area contributed by atoms with Crippen LogP contribution in [0.2, 0.25) is 0 Å². The average Bonchev–Trinajstić information content (AvgIpc) is 2.88. The average molecular weight is 476 g/mol. The van der Waals surface area contributed by atoms with E-state index in [2.05, 4.69) is 5.32 Å². The van der Waals surface area contributed by atoms with Gasteiger partial charge in [-0.15, -0.1) is 0 Å². The van der Waals surface area contributed by atoms with Gasteiger partial charge in [-0.1, -0.05) is 60.3 Å². The number of carbonyl (C=O) groups is 2. The van der Waals surface area contributed by atoms with Crippen molar-refractivity contribution >= 4 is 29.0 Å². The van der Waals surface area contributed by atoms with Crippen molar-refractivity contribution in [3.05, 3.63) is 100 Å². The third kappa shape index (κ3) is 5.77. The van der Waals surface area contributed by atoms with Crippen molar-refractivity contribution in [2.45, 2.75) is 22.3 Å². The number of nitrogens with zero attached hydrogens (tertiary/aromatic N) is 2. The summed E-state index contributed by atoms with van der Waals surface area (Å²) < 4.78 is 0. The molecule has 0 aliphatic carbocycles. The first-order valence-electron chi connectivity index (χ1n) is 11.1. The zero-order valence-electron chi connectivity index (χ0n) is 18.6. The maximum Gasteiger partial charge on any atom is 0.283 e. The minimum Gasteiger partial charge on any atom is -0.313 e. The van der Waals surface area contributed by atoms with Gasteiger partial charge in [-0.3, -0.25) is 24.6 Å². The molecule has 4 rings (SSSR count). The maximum atomic E-state index is 13.0. The summed E-state index contributed by atoms with van der Waals surface area (Å²) in [7, 11) is 0. The topological polar surface area (TPSA) is 92.6 Å². The monoisotopic (exact) mass is 475 g/mol. The van der Waals surface area contributed by atoms with Crippen LogP contribution in [0.25, 0.3) is 0 Å². The van der Waals surface area contributed by atoms with E-state index in [-0.39, 0.29) is 29.7 Å². The van der Waals surface area contributed by atoms with Gasteiger partial charge in [0.25, 0.3) is 5.69 Å². The van der Waals surface area contributed by atoms with Gasteiger partial charge in [0.2, 0.25) is 0 Å². The minimum atomic E-state index is -0.451. The van der Waals surface area contributed by atoms with E-state index in [1.165, 1.54) is 17.8 Å². The van der Waals surface area contributed by atoms with Crippen LogP contribution in [-0.2, 0) is 0 Å². The number of hydrogen-bond donors (Lipinski definition) is 1. The molecule has 0 aromatic heterocycles. The number of nitro groups is 1. The number of piperazine rings is 1. The zero-order chi connectivity index (χ0) is 23.9. The van der Waals surface area contributed by atoms with Crippen LogP contribution in [-0.4, -0.2) is 53.6 Å². The molecule has 1 heterocycles. The Labute approximate surface area is 202 Å². The molecule has 34 heavy (non-hydrogen) atoms. The summed E-state index contributed by atoms with van der Waals surface area (Å²) in [5.41, 5.74) is 0.874. The normalized spacial score (nSPS) is 16.2. The van der Waals surface area contributed by atoms with Crippen LogP contribution in [0.3, 0.4) is 0 Å². The molecular weight excluding hydrogens is 450 g/mol. The van der Waals surface area contributed by atoms with Gasteiger partial charge in [0.05, 0.1) is 15.9 Å². The molecule has 1 aliphatic heterocycles. The molecule has 0 saturated carbocycles. The van der Waals surface area contributed by atoms with Gasteiger partial charge in [-0.25, -0.2) is 0 Å². The van der Waals surface area contributed by atoms with Gasteiger partial charge in [0, 0.05) is 54.7 Å². The molecule has 1 unspecified atom stereocenters. The number of ketones is 2. The summed E-state index contributed by atoms with van der Waals surface area (Å²) in [6.07, 6.45) is 0.181. The summed E-state index contributed by atoms with van der Waals surface area (Å²) in [6, 6.07) is 22.8. The van der Waals surface area contributed by atoms with Crippen molar-refractivity contribution in [1.29, 1.82) is 0 Å². The highest BCUT2D eigenvalue weighted by Crippen LogP contribution is 2.35. The van der Waals surface area contributed by atoms with Crippen molar-refractivity contribution in [2.24, 2.45) is 0 Å². The van der Waals surface area contributed by atoms with Crippen LogP contribution in [0, 0.1) is 10.1 Å². The Kier molecular flexibility index (Phi) is 7.84. The molecule has 0 amide bonds. The highest BCUT2D eigenvalue weighted by Gasteiger charge is 2.29. The third-order valence-electron chi connectivity index (χ3n) is 5.79. The number of nitrogens with one attached hydrogen (secondary N) is 1. The van der Waals surface area contributed by atoms with Crippen LogP contribution in [0.1, 0.15) is 27.1 Å². The summed E-state index contributed by atoms with van der Waals surface area (Å²) in [5, 5.41) is 14.9. The first-order valence-corrected chi connectivity index (χ1v) is 11.9. The molecular formula is C26H25N3O4S. The minimum absolute atomic E-state index is 0.0261. The maximum absolute atomic E-state index is 13.0. The molecule has 3 aromatic rings. The summed E-state index contributed by atoms with van der Waals surface area (Å²) in [6.45, 7) is 2.34. The molecule has 8 heteroatoms. The Morgan fingerprint density at radius 2 is 1.71 bits per heavy atom. The predicted octanol–water partition coefficient (Wildman–Crippen LogP) is 4.48. The smallest absolute Gasteiger partial charge is 0.283 e. The molecule has 174 valence electrons. The Morgan fingerprint density at radius 1 is 1.00 bits per heavy atom. The van der Waals surface area contributed by atoms with E-state index in [9.17, 15) is 19.7 Å². The van der Waals surface area contributed by atoms with Crippen molar-refractivity contribution in [2.75, 3.05) is 26.2 Å². The van der Waals surface area contributed by atoms with Crippen molar-refractivity contribution < 1.29 is 14.5 Å². The first-order chi connectivity index (χ1) is 16.5. The lowest BCUT2D eigenvalue weighted by molar-refractivity contribution is -0.387. The lowest BCUT2D eigenvalue weighted by Crippen LogP contribution is -2.55. The number of rotatable bonds is 9. The molecule has 0 spiro atoms. The SMILES string of the molecule is O=C(CCN1CCNCC1C(=O)c1ccccc1)c1ccc(Sc2ccccc2)c([N+](=O)[O-])c1. The number of hydrogen-bond acceptors (Lipinski definition) is 7. The lowest BCUT2D eigenvalue weighted by Gasteiger charge is -2.35. The number of Topliss-reactive ketones (excluding diaryl/α,β-unsaturated/α-hetero) is 2. The summed E-state index contributed by atoms with van der Waals surface area (Å²) in [4.78, 5) is 40.5. The molecule has 1 atom stereocenters. The van der Waals surface area contributed by atoms with Gasteiger partial charge in [-0.05, 0) is 24.3 Å². The van der Waals surface area contributed by atoms with Crippen LogP contribution >= 0.6 is 11.8 Å². The fourth-order valence-corrected chi connectivity index (χ4v) is 4.91. The zero-order valence-corrected chi connectivity index (χ0v) is 19.4. The van der Waals surface area contributed by atoms with Gasteiger partial charge in [-0.2, -0.15) is 0 Å². The summed E-state index contributed by atoms with van der Waals surface area (Å²) in [5.74, 6) is -0.151. The Balaban J connectivity index is 1.45. The summed E-state index contributed by atoms with van der Waals surface area (Å²) >= 11 is 1.29. The second kappa shape index (κ2) is 11.2. The molecule has 0 radical (unpaired) electrons. The fraction of sp³-hybridized carbons (Fsp3) is 0.231. The van der Waals surface area contributed by atoms with E-state index in [4.69, 9.17) is 0 Å². The van der Waals surface area contributed by atoms with Crippen molar-refractivity contribution in [1.82, 2.24) is 10.2 Å². The Bertz CT molecular complexity index is 1170. The van der Waals surface area contributed by atoms with E-state index < -0.39 is 4.92 Å². The van der Waals surface area contributed by atoms with Crippen molar-refractivity contribution in [3.8, 4) is 0 Å². The first kappa shape index (κ1) is 23.8. The quantitative estimate of drug-likeness (QED) is 0.277. The predicted molar refractivity (Wildman–Crippen MR) is 132 cm³/mol. The largest absolute Gasteiger partial charge is 0.313 e. The molecule has 1 N–H and O–H groups in total. The molecule has 1 saturated heterocycles. The van der Waals surface area contributed by atoms with Crippen LogP contribution in [0.5, 0.6) is 0 Å². The highest BCUT2D eigenvalue weighted by molar-refractivity contribution is 7.99. The Hall–Kier alpha value is -3.33. The van der Waals surface area contributed by atoms with Crippen LogP contribution < -0.4 is 5.32 Å². The van der Waals surface area contributed by atoms with E-state index >= 15 is 0 Å². The van der Waals surface area contributed by atoms with Crippen LogP contribution in [0.15, 0.2) is 88.7 Å². The number of nitro benzene ring substituents is 1. The van der Waals surface area contributed by atoms with Crippen molar-refractivity contribution in [3.63, 3.8) is 0 Å². The third-order valence-corrected chi connectivity index (χ3v) is 6.86. The van der Waals surface area contributed by atoms with Crippen LogP contribution in [0.4, 0.5) is 5.69 Å². The number of benzene rings is 3. The Morgan fingerprint density at radius 3 is 2.41 bits per heavy atom. The van der Waals surface area contributed by atoms with E-state index in [0.29, 0.717) is 35.7 Å². The second-order valence-corrected chi connectivity index (χ2v) is 9.13. The number of carbonyl (C=O) groups excluding carboxylic acids is 2. The van der Waals surface area contributed by atoms with E-state index in [0.717, 1.165) is 11.4 Å². The fourth-order valence-electron chi connectivity index (χ4n) is 3.99. The highest BCUT2D eigenvalue weighted by atomic mass is 32.2. The standard InChI is InChI=1S/C26H25N3O4S/c30-24(13-15-28-16-14-27-18-23(28)26(31)19-7-3-1-4-8-19)20-11-12-25(22(17-20)29(32)33)34-21-9-5-2-6-10-21/h1-12,17,23,27H,13-16,18H2. The lowest BCUT2D eigenvalue weighted by atomic mass is 10.00. The molecule has 3 aromatic carbocycles. The molecule has 0 bridgehead atoms. The molecule has 7 nitrogen and oxygen atoms in total. The van der Waals surface area contributed by atoms with E-state index in [1.807, 2.05) is 53.4 Å². The molecule has 1 fully saturated rings. The van der Waals surface area contributed by atoms with E-state index in [1.54, 1.807) is 24.3 Å².